The standard InChI is InChI=1S/C17H23NO5S/c1-10-7-14(24(4,22)23)8-15(12(10)3)16(19)18-9-13(17(20)21)6-5-11(18)2/h7-8,11,13H,5-6,9H2,1-4H3,(H,20,21). The van der Waals surface area contributed by atoms with Crippen molar-refractivity contribution in [1.82, 2.24) is 4.90 Å². The van der Waals surface area contributed by atoms with Gasteiger partial charge in [-0.25, -0.2) is 8.42 Å². The third-order valence-electron chi connectivity index (χ3n) is 4.79. The Morgan fingerprint density at radius 3 is 2.38 bits per heavy atom. The summed E-state index contributed by atoms with van der Waals surface area (Å²) in [7, 11) is -3.43. The molecule has 0 aliphatic carbocycles. The largest absolute Gasteiger partial charge is 0.481 e. The number of nitrogens with zero attached hydrogens (tertiary/aromatic N) is 1. The molecule has 2 rings (SSSR count). The van der Waals surface area contributed by atoms with Gasteiger partial charge in [0.1, 0.15) is 0 Å². The van der Waals surface area contributed by atoms with Crippen molar-refractivity contribution in [2.45, 2.75) is 44.6 Å². The summed E-state index contributed by atoms with van der Waals surface area (Å²) in [5.74, 6) is -1.79. The van der Waals surface area contributed by atoms with Gasteiger partial charge in [0.2, 0.25) is 0 Å². The summed E-state index contributed by atoms with van der Waals surface area (Å²) in [6.07, 6.45) is 2.27. The highest BCUT2D eigenvalue weighted by Gasteiger charge is 2.33. The number of carboxylic acid groups (broad SMARTS) is 1. The van der Waals surface area contributed by atoms with Gasteiger partial charge in [-0.1, -0.05) is 0 Å². The van der Waals surface area contributed by atoms with Crippen LogP contribution in [-0.2, 0) is 14.6 Å². The maximum Gasteiger partial charge on any atom is 0.308 e. The van der Waals surface area contributed by atoms with Gasteiger partial charge in [-0.15, -0.1) is 0 Å². The second kappa shape index (κ2) is 6.55. The van der Waals surface area contributed by atoms with Crippen LogP contribution in [-0.4, -0.2) is 49.1 Å². The minimum atomic E-state index is -3.43. The molecule has 0 spiro atoms. The van der Waals surface area contributed by atoms with Crippen LogP contribution < -0.4 is 0 Å². The SMILES string of the molecule is Cc1cc(S(C)(=O)=O)cc(C(=O)N2CC(C(=O)O)CCC2C)c1C. The highest BCUT2D eigenvalue weighted by atomic mass is 32.2. The summed E-state index contributed by atoms with van der Waals surface area (Å²) in [6, 6.07) is 2.88. The van der Waals surface area contributed by atoms with E-state index >= 15 is 0 Å². The Morgan fingerprint density at radius 2 is 1.83 bits per heavy atom. The quantitative estimate of drug-likeness (QED) is 0.898. The zero-order valence-electron chi connectivity index (χ0n) is 14.4. The van der Waals surface area contributed by atoms with E-state index < -0.39 is 21.7 Å². The van der Waals surface area contributed by atoms with Crippen molar-refractivity contribution in [2.24, 2.45) is 5.92 Å². The summed E-state index contributed by atoms with van der Waals surface area (Å²) < 4.78 is 23.7. The molecule has 7 heteroatoms. The Kier molecular flexibility index (Phi) is 5.03. The molecule has 0 bridgehead atoms. The molecule has 1 N–H and O–H groups in total. The predicted molar refractivity (Wildman–Crippen MR) is 89.9 cm³/mol. The molecule has 2 atom stereocenters. The molecule has 1 amide bonds. The van der Waals surface area contributed by atoms with Crippen LogP contribution in [0, 0.1) is 19.8 Å². The topological polar surface area (TPSA) is 91.8 Å². The number of hydrogen-bond acceptors (Lipinski definition) is 4. The molecule has 1 fully saturated rings. The number of rotatable bonds is 3. The highest BCUT2D eigenvalue weighted by molar-refractivity contribution is 7.90. The molecule has 1 heterocycles. The van der Waals surface area contributed by atoms with Crippen LogP contribution in [0.1, 0.15) is 41.3 Å². The molecule has 0 radical (unpaired) electrons. The second-order valence-electron chi connectivity index (χ2n) is 6.60. The molecule has 1 aromatic carbocycles. The van der Waals surface area contributed by atoms with E-state index in [1.54, 1.807) is 24.8 Å². The van der Waals surface area contributed by atoms with Gasteiger partial charge in [0.15, 0.2) is 9.84 Å². The van der Waals surface area contributed by atoms with Crippen LogP contribution in [0.5, 0.6) is 0 Å². The number of carbonyl (C=O) groups excluding carboxylic acids is 1. The molecule has 1 aromatic rings. The van der Waals surface area contributed by atoms with Crippen LogP contribution in [0.3, 0.4) is 0 Å². The monoisotopic (exact) mass is 353 g/mol. The minimum absolute atomic E-state index is 0.0744. The van der Waals surface area contributed by atoms with Gasteiger partial charge in [-0.3, -0.25) is 9.59 Å². The number of hydrogen-bond donors (Lipinski definition) is 1. The van der Waals surface area contributed by atoms with Gasteiger partial charge in [0, 0.05) is 24.4 Å². The molecule has 24 heavy (non-hydrogen) atoms. The number of piperidine rings is 1. The first-order valence-corrected chi connectivity index (χ1v) is 9.76. The summed E-state index contributed by atoms with van der Waals surface area (Å²) in [4.78, 5) is 25.9. The van der Waals surface area contributed by atoms with E-state index in [1.807, 2.05) is 6.92 Å². The molecule has 132 valence electrons. The number of carboxylic acids is 1. The first kappa shape index (κ1) is 18.4. The van der Waals surface area contributed by atoms with Crippen LogP contribution >= 0.6 is 0 Å². The van der Waals surface area contributed by atoms with Crippen molar-refractivity contribution < 1.29 is 23.1 Å². The Labute approximate surface area is 142 Å². The lowest BCUT2D eigenvalue weighted by Crippen LogP contribution is -2.47. The molecule has 1 aliphatic heterocycles. The fourth-order valence-electron chi connectivity index (χ4n) is 3.01. The average molecular weight is 353 g/mol. The molecule has 0 aromatic heterocycles. The zero-order chi connectivity index (χ0) is 18.2. The van der Waals surface area contributed by atoms with Crippen LogP contribution in [0.25, 0.3) is 0 Å². The molecule has 1 saturated heterocycles. The van der Waals surface area contributed by atoms with Crippen molar-refractivity contribution in [3.05, 3.63) is 28.8 Å². The number of carbonyl (C=O) groups is 2. The summed E-state index contributed by atoms with van der Waals surface area (Å²) in [6.45, 7) is 5.58. The fraction of sp³-hybridized carbons (Fsp3) is 0.529. The number of aryl methyl sites for hydroxylation is 1. The third-order valence-corrected chi connectivity index (χ3v) is 5.88. The zero-order valence-corrected chi connectivity index (χ0v) is 15.2. The molecular formula is C17H23NO5S. The van der Waals surface area contributed by atoms with Crippen molar-refractivity contribution in [2.75, 3.05) is 12.8 Å². The Bertz CT molecular complexity index is 784. The van der Waals surface area contributed by atoms with Gasteiger partial charge in [0.25, 0.3) is 5.91 Å². The van der Waals surface area contributed by atoms with Crippen LogP contribution in [0.2, 0.25) is 0 Å². The van der Waals surface area contributed by atoms with Crippen molar-refractivity contribution in [3.63, 3.8) is 0 Å². The van der Waals surface area contributed by atoms with E-state index in [9.17, 15) is 23.1 Å². The van der Waals surface area contributed by atoms with Gasteiger partial charge in [0.05, 0.1) is 10.8 Å². The number of benzene rings is 1. The van der Waals surface area contributed by atoms with Crippen molar-refractivity contribution in [1.29, 1.82) is 0 Å². The van der Waals surface area contributed by atoms with Crippen LogP contribution in [0.15, 0.2) is 17.0 Å². The van der Waals surface area contributed by atoms with Crippen molar-refractivity contribution in [3.8, 4) is 0 Å². The average Bonchev–Trinajstić information content (AvgIpc) is 2.48. The molecule has 1 aliphatic rings. The molecular weight excluding hydrogens is 330 g/mol. The minimum Gasteiger partial charge on any atom is -0.481 e. The Balaban J connectivity index is 2.45. The Morgan fingerprint density at radius 1 is 1.21 bits per heavy atom. The van der Waals surface area contributed by atoms with E-state index in [0.717, 1.165) is 17.4 Å². The van der Waals surface area contributed by atoms with E-state index in [1.165, 1.54) is 6.07 Å². The first-order chi connectivity index (χ1) is 11.0. The number of likely N-dealkylation sites (tertiary alicyclic amines) is 1. The maximum atomic E-state index is 13.0. The summed E-state index contributed by atoms with van der Waals surface area (Å²) >= 11 is 0. The van der Waals surface area contributed by atoms with E-state index in [2.05, 4.69) is 0 Å². The summed E-state index contributed by atoms with van der Waals surface area (Å²) in [5.41, 5.74) is 1.77. The second-order valence-corrected chi connectivity index (χ2v) is 8.62. The summed E-state index contributed by atoms with van der Waals surface area (Å²) in [5, 5.41) is 9.23. The highest BCUT2D eigenvalue weighted by Crippen LogP contribution is 2.27. The molecule has 6 nitrogen and oxygen atoms in total. The van der Waals surface area contributed by atoms with E-state index in [4.69, 9.17) is 0 Å². The van der Waals surface area contributed by atoms with Gasteiger partial charge >= 0.3 is 5.97 Å². The van der Waals surface area contributed by atoms with Gasteiger partial charge in [-0.2, -0.15) is 0 Å². The third kappa shape index (κ3) is 3.61. The number of amides is 1. The van der Waals surface area contributed by atoms with E-state index in [-0.39, 0.29) is 23.4 Å². The smallest absolute Gasteiger partial charge is 0.308 e. The number of aliphatic carboxylic acids is 1. The molecule has 2 unspecified atom stereocenters. The van der Waals surface area contributed by atoms with E-state index in [0.29, 0.717) is 18.4 Å². The Hall–Kier alpha value is -1.89. The lowest BCUT2D eigenvalue weighted by molar-refractivity contribution is -0.143. The van der Waals surface area contributed by atoms with Gasteiger partial charge in [-0.05, 0) is 56.9 Å². The lowest BCUT2D eigenvalue weighted by Gasteiger charge is -2.37. The number of sulfone groups is 1. The maximum absolute atomic E-state index is 13.0. The lowest BCUT2D eigenvalue weighted by atomic mass is 9.92. The first-order valence-electron chi connectivity index (χ1n) is 7.87. The normalized spacial score (nSPS) is 21.6. The predicted octanol–water partition coefficient (Wildman–Crippen LogP) is 2.03. The van der Waals surface area contributed by atoms with Crippen LogP contribution in [0.4, 0.5) is 0 Å². The van der Waals surface area contributed by atoms with Crippen molar-refractivity contribution >= 4 is 21.7 Å². The van der Waals surface area contributed by atoms with Gasteiger partial charge < -0.3 is 10.0 Å². The fourth-order valence-corrected chi connectivity index (χ4v) is 3.73. The molecule has 0 saturated carbocycles.